The number of anilines is 1. The lowest BCUT2D eigenvalue weighted by molar-refractivity contribution is 0.529. The van der Waals surface area contributed by atoms with Crippen molar-refractivity contribution in [2.75, 3.05) is 5.73 Å². The Morgan fingerprint density at radius 2 is 1.75 bits per heavy atom. The summed E-state index contributed by atoms with van der Waals surface area (Å²) in [5, 5.41) is 9.48. The Morgan fingerprint density at radius 3 is 2.25 bits per heavy atom. The molecular weight excluding hydrogens is 248 g/mol. The van der Waals surface area contributed by atoms with Crippen molar-refractivity contribution in [1.82, 2.24) is 9.97 Å². The van der Waals surface area contributed by atoms with Crippen molar-refractivity contribution in [3.63, 3.8) is 0 Å². The van der Waals surface area contributed by atoms with Gasteiger partial charge < -0.3 is 5.73 Å². The molecule has 2 N–H and O–H groups in total. The first kappa shape index (κ1) is 12.6. The average Bonchev–Trinajstić information content (AvgIpc) is 3.32. The number of hydrogen-bond donors (Lipinski definition) is 1. The van der Waals surface area contributed by atoms with Crippen LogP contribution in [0.1, 0.15) is 25.3 Å². The highest BCUT2D eigenvalue weighted by atomic mass is 15.0. The standard InChI is InChI=1S/C16H16N4/c1-16(10-17,14-6-7-14)13-4-2-11(3-5-13)12-8-19-15(18)20-9-12/h2-5,8-9,14H,6-7H2,1H3,(H2,18,19,20)/t16-/m1/s1. The molecule has 4 nitrogen and oxygen atoms in total. The highest BCUT2D eigenvalue weighted by molar-refractivity contribution is 5.62. The van der Waals surface area contributed by atoms with Crippen LogP contribution >= 0.6 is 0 Å². The first-order chi connectivity index (χ1) is 9.63. The normalized spacial score (nSPS) is 17.2. The van der Waals surface area contributed by atoms with Gasteiger partial charge in [-0.3, -0.25) is 0 Å². The SMILES string of the molecule is C[C@@](C#N)(c1ccc(-c2cnc(N)nc2)cc1)C1CC1. The average molecular weight is 264 g/mol. The summed E-state index contributed by atoms with van der Waals surface area (Å²) in [5.74, 6) is 0.773. The fourth-order valence-corrected chi connectivity index (χ4v) is 2.55. The summed E-state index contributed by atoms with van der Waals surface area (Å²) in [4.78, 5) is 7.99. The second kappa shape index (κ2) is 4.61. The van der Waals surface area contributed by atoms with E-state index in [0.717, 1.165) is 29.5 Å². The zero-order valence-electron chi connectivity index (χ0n) is 11.4. The van der Waals surface area contributed by atoms with Gasteiger partial charge in [-0.05, 0) is 36.8 Å². The fraction of sp³-hybridized carbons (Fsp3) is 0.312. The maximum absolute atomic E-state index is 9.48. The van der Waals surface area contributed by atoms with Gasteiger partial charge in [0.15, 0.2) is 0 Å². The molecule has 0 aliphatic heterocycles. The van der Waals surface area contributed by atoms with Gasteiger partial charge in [0.25, 0.3) is 0 Å². The minimum Gasteiger partial charge on any atom is -0.368 e. The molecule has 0 amide bonds. The van der Waals surface area contributed by atoms with E-state index in [1.165, 1.54) is 0 Å². The smallest absolute Gasteiger partial charge is 0.219 e. The van der Waals surface area contributed by atoms with Crippen LogP contribution in [0.2, 0.25) is 0 Å². The van der Waals surface area contributed by atoms with Crippen LogP contribution in [0.4, 0.5) is 5.95 Å². The number of nitrogens with two attached hydrogens (primary N) is 1. The minimum atomic E-state index is -0.365. The lowest BCUT2D eigenvalue weighted by atomic mass is 9.79. The monoisotopic (exact) mass is 264 g/mol. The molecule has 1 saturated carbocycles. The molecule has 0 spiro atoms. The van der Waals surface area contributed by atoms with Crippen molar-refractivity contribution in [2.45, 2.75) is 25.2 Å². The molecule has 3 rings (SSSR count). The second-order valence-electron chi connectivity index (χ2n) is 5.50. The van der Waals surface area contributed by atoms with Crippen molar-refractivity contribution in [3.05, 3.63) is 42.2 Å². The summed E-state index contributed by atoms with van der Waals surface area (Å²) in [6.45, 7) is 2.03. The van der Waals surface area contributed by atoms with Crippen LogP contribution < -0.4 is 5.73 Å². The van der Waals surface area contributed by atoms with E-state index in [1.807, 2.05) is 31.2 Å². The Hall–Kier alpha value is -2.41. The van der Waals surface area contributed by atoms with Gasteiger partial charge in [0, 0.05) is 18.0 Å². The second-order valence-corrected chi connectivity index (χ2v) is 5.50. The Morgan fingerprint density at radius 1 is 1.15 bits per heavy atom. The molecule has 1 atom stereocenters. The molecule has 1 aliphatic carbocycles. The molecule has 100 valence electrons. The van der Waals surface area contributed by atoms with Crippen LogP contribution in [0.5, 0.6) is 0 Å². The van der Waals surface area contributed by atoms with Crippen LogP contribution in [-0.2, 0) is 5.41 Å². The highest BCUT2D eigenvalue weighted by Gasteiger charge is 2.43. The van der Waals surface area contributed by atoms with Gasteiger partial charge >= 0.3 is 0 Å². The predicted octanol–water partition coefficient (Wildman–Crippen LogP) is 2.92. The first-order valence-electron chi connectivity index (χ1n) is 6.73. The van der Waals surface area contributed by atoms with Crippen LogP contribution in [0, 0.1) is 17.2 Å². The van der Waals surface area contributed by atoms with E-state index in [4.69, 9.17) is 5.73 Å². The van der Waals surface area contributed by atoms with Gasteiger partial charge in [0.2, 0.25) is 5.95 Å². The van der Waals surface area contributed by atoms with Crippen molar-refractivity contribution < 1.29 is 0 Å². The van der Waals surface area contributed by atoms with Crippen LogP contribution in [-0.4, -0.2) is 9.97 Å². The molecule has 1 heterocycles. The van der Waals surface area contributed by atoms with E-state index in [2.05, 4.69) is 16.0 Å². The van der Waals surface area contributed by atoms with Gasteiger partial charge in [-0.15, -0.1) is 0 Å². The Balaban J connectivity index is 1.92. The van der Waals surface area contributed by atoms with Crippen LogP contribution in [0.15, 0.2) is 36.7 Å². The molecule has 0 radical (unpaired) electrons. The van der Waals surface area contributed by atoms with Crippen molar-refractivity contribution in [3.8, 4) is 17.2 Å². The summed E-state index contributed by atoms with van der Waals surface area (Å²) in [6.07, 6.45) is 5.72. The third kappa shape index (κ3) is 2.12. The van der Waals surface area contributed by atoms with E-state index in [9.17, 15) is 5.26 Å². The van der Waals surface area contributed by atoms with Gasteiger partial charge in [-0.2, -0.15) is 5.26 Å². The third-order valence-corrected chi connectivity index (χ3v) is 4.12. The molecule has 0 unspecified atom stereocenters. The number of nitrogen functional groups attached to an aromatic ring is 1. The third-order valence-electron chi connectivity index (χ3n) is 4.12. The number of rotatable bonds is 3. The van der Waals surface area contributed by atoms with Crippen LogP contribution in [0.25, 0.3) is 11.1 Å². The molecule has 1 aromatic carbocycles. The quantitative estimate of drug-likeness (QED) is 0.924. The van der Waals surface area contributed by atoms with Gasteiger partial charge in [-0.1, -0.05) is 24.3 Å². The lowest BCUT2D eigenvalue weighted by Gasteiger charge is -2.21. The molecular formula is C16H16N4. The van der Waals surface area contributed by atoms with Gasteiger partial charge in [-0.25, -0.2) is 9.97 Å². The number of aromatic nitrogens is 2. The van der Waals surface area contributed by atoms with Crippen molar-refractivity contribution in [1.29, 1.82) is 5.26 Å². The molecule has 0 saturated heterocycles. The predicted molar refractivity (Wildman–Crippen MR) is 77.6 cm³/mol. The van der Waals surface area contributed by atoms with E-state index in [-0.39, 0.29) is 11.4 Å². The van der Waals surface area contributed by atoms with E-state index in [1.54, 1.807) is 12.4 Å². The summed E-state index contributed by atoms with van der Waals surface area (Å²) in [6, 6.07) is 10.6. The molecule has 1 aromatic heterocycles. The highest BCUT2D eigenvalue weighted by Crippen LogP contribution is 2.47. The van der Waals surface area contributed by atoms with Crippen LogP contribution in [0.3, 0.4) is 0 Å². The lowest BCUT2D eigenvalue weighted by Crippen LogP contribution is -2.22. The molecule has 1 aliphatic rings. The molecule has 0 bridgehead atoms. The van der Waals surface area contributed by atoms with Gasteiger partial charge in [0.1, 0.15) is 0 Å². The maximum Gasteiger partial charge on any atom is 0.219 e. The number of nitrogens with zero attached hydrogens (tertiary/aromatic N) is 3. The summed E-state index contributed by atoms with van der Waals surface area (Å²) >= 11 is 0. The Labute approximate surface area is 118 Å². The maximum atomic E-state index is 9.48. The zero-order chi connectivity index (χ0) is 14.2. The molecule has 20 heavy (non-hydrogen) atoms. The first-order valence-corrected chi connectivity index (χ1v) is 6.73. The fourth-order valence-electron chi connectivity index (χ4n) is 2.55. The topological polar surface area (TPSA) is 75.6 Å². The Kier molecular flexibility index (Phi) is 2.90. The van der Waals surface area contributed by atoms with Crippen molar-refractivity contribution in [2.24, 2.45) is 5.92 Å². The summed E-state index contributed by atoms with van der Waals surface area (Å²) in [5.41, 5.74) is 8.17. The van der Waals surface area contributed by atoms with E-state index >= 15 is 0 Å². The Bertz CT molecular complexity index is 650. The largest absolute Gasteiger partial charge is 0.368 e. The van der Waals surface area contributed by atoms with Gasteiger partial charge in [0.05, 0.1) is 11.5 Å². The molecule has 1 fully saturated rings. The summed E-state index contributed by atoms with van der Waals surface area (Å²) in [7, 11) is 0. The van der Waals surface area contributed by atoms with Crippen molar-refractivity contribution >= 4 is 5.95 Å². The zero-order valence-corrected chi connectivity index (χ0v) is 11.4. The number of nitriles is 1. The number of benzene rings is 1. The van der Waals surface area contributed by atoms with E-state index < -0.39 is 0 Å². The molecule has 2 aromatic rings. The summed E-state index contributed by atoms with van der Waals surface area (Å²) < 4.78 is 0. The minimum absolute atomic E-state index is 0.274. The number of hydrogen-bond acceptors (Lipinski definition) is 4. The molecule has 4 heteroatoms. The van der Waals surface area contributed by atoms with E-state index in [0.29, 0.717) is 5.92 Å².